The summed E-state index contributed by atoms with van der Waals surface area (Å²) < 4.78 is 11.9. The monoisotopic (exact) mass is 538 g/mol. The lowest BCUT2D eigenvalue weighted by molar-refractivity contribution is -0.141. The molecule has 0 spiro atoms. The van der Waals surface area contributed by atoms with Crippen LogP contribution >= 0.6 is 23.2 Å². The van der Waals surface area contributed by atoms with Crippen LogP contribution in [-0.4, -0.2) is 40.4 Å². The molecule has 4 aromatic rings. The molecule has 0 saturated heterocycles. The number of fused-ring (bicyclic) bond motifs is 1. The highest BCUT2D eigenvalue weighted by Gasteiger charge is 2.29. The van der Waals surface area contributed by atoms with Crippen LogP contribution in [0.5, 0.6) is 0 Å². The fraction of sp³-hybridized carbons (Fsp3) is 0.259. The van der Waals surface area contributed by atoms with Gasteiger partial charge in [-0.1, -0.05) is 29.3 Å². The molecule has 0 unspecified atom stereocenters. The molecule has 5 rings (SSSR count). The van der Waals surface area contributed by atoms with E-state index < -0.39 is 11.5 Å². The molecule has 37 heavy (non-hydrogen) atoms. The number of hydrogen-bond donors (Lipinski definition) is 0. The first-order valence-corrected chi connectivity index (χ1v) is 12.6. The molecule has 1 aliphatic rings. The second-order valence-electron chi connectivity index (χ2n) is 8.75. The number of carbonyl (C=O) groups excluding carboxylic acids is 1. The molecule has 2 aromatic carbocycles. The van der Waals surface area contributed by atoms with E-state index in [1.807, 2.05) is 25.1 Å². The quantitative estimate of drug-likeness (QED) is 0.300. The summed E-state index contributed by atoms with van der Waals surface area (Å²) in [6, 6.07) is 10.9. The highest BCUT2D eigenvalue weighted by Crippen LogP contribution is 2.36. The summed E-state index contributed by atoms with van der Waals surface area (Å²) >= 11 is 13.0. The number of nitrogens with zero attached hydrogens (tertiary/aromatic N) is 4. The van der Waals surface area contributed by atoms with E-state index in [1.165, 1.54) is 11.1 Å². The Balaban J connectivity index is 1.78. The van der Waals surface area contributed by atoms with Crippen molar-refractivity contribution in [2.45, 2.75) is 26.7 Å². The van der Waals surface area contributed by atoms with Crippen molar-refractivity contribution in [2.75, 3.05) is 24.6 Å². The molecule has 10 heteroatoms. The molecular weight excluding hydrogens is 515 g/mol. The van der Waals surface area contributed by atoms with Crippen molar-refractivity contribution in [3.63, 3.8) is 0 Å². The van der Waals surface area contributed by atoms with Gasteiger partial charge in [0.15, 0.2) is 12.2 Å². The van der Waals surface area contributed by atoms with E-state index in [-0.39, 0.29) is 28.9 Å². The summed E-state index contributed by atoms with van der Waals surface area (Å²) in [7, 11) is 0. The lowest BCUT2D eigenvalue weighted by Gasteiger charge is -2.31. The summed E-state index contributed by atoms with van der Waals surface area (Å²) in [6.45, 7) is 4.46. The minimum atomic E-state index is -0.404. The molecule has 0 N–H and O–H groups in total. The standard InChI is InChI=1S/C27H24Cl2N4O4/c1-3-36-23(34)14-32-9-5-6-19-24(18-11-16(2)10-17(12-18)22-13-30-15-37-22)31-33(27(35)25(19)32)26-20(28)7-4-8-21(26)29/h4,7-8,10-13,15H,3,5-6,9,14H2,1-2H3. The van der Waals surface area contributed by atoms with Gasteiger partial charge < -0.3 is 14.1 Å². The van der Waals surface area contributed by atoms with Crippen molar-refractivity contribution in [1.29, 1.82) is 0 Å². The number of rotatable bonds is 6. The molecule has 2 aromatic heterocycles. The van der Waals surface area contributed by atoms with Gasteiger partial charge in [-0.25, -0.2) is 4.98 Å². The molecule has 0 saturated carbocycles. The van der Waals surface area contributed by atoms with Crippen molar-refractivity contribution in [1.82, 2.24) is 14.8 Å². The van der Waals surface area contributed by atoms with Gasteiger partial charge in [-0.15, -0.1) is 0 Å². The first-order valence-electron chi connectivity index (χ1n) is 11.9. The van der Waals surface area contributed by atoms with E-state index in [0.717, 1.165) is 28.7 Å². The van der Waals surface area contributed by atoms with Gasteiger partial charge in [0.05, 0.1) is 28.5 Å². The molecule has 8 nitrogen and oxygen atoms in total. The van der Waals surface area contributed by atoms with E-state index in [2.05, 4.69) is 4.98 Å². The molecule has 0 radical (unpaired) electrons. The molecule has 3 heterocycles. The first-order chi connectivity index (χ1) is 17.9. The number of carbonyl (C=O) groups is 1. The third kappa shape index (κ3) is 4.86. The van der Waals surface area contributed by atoms with Crippen molar-refractivity contribution in [2.24, 2.45) is 0 Å². The lowest BCUT2D eigenvalue weighted by atomic mass is 9.95. The van der Waals surface area contributed by atoms with Crippen LogP contribution in [-0.2, 0) is 16.0 Å². The number of benzene rings is 2. The smallest absolute Gasteiger partial charge is 0.325 e. The summed E-state index contributed by atoms with van der Waals surface area (Å²) in [5.41, 5.74) is 4.23. The Morgan fingerprint density at radius 3 is 2.59 bits per heavy atom. The largest absolute Gasteiger partial charge is 0.465 e. The van der Waals surface area contributed by atoms with Gasteiger partial charge in [-0.3, -0.25) is 9.59 Å². The third-order valence-electron chi connectivity index (χ3n) is 6.18. The zero-order chi connectivity index (χ0) is 26.1. The second kappa shape index (κ2) is 10.4. The van der Waals surface area contributed by atoms with Crippen LogP contribution in [0.3, 0.4) is 0 Å². The topological polar surface area (TPSA) is 90.5 Å². The number of oxazole rings is 1. The maximum absolute atomic E-state index is 13.9. The highest BCUT2D eigenvalue weighted by atomic mass is 35.5. The number of aromatic nitrogens is 3. The predicted octanol–water partition coefficient (Wildman–Crippen LogP) is 5.49. The van der Waals surface area contributed by atoms with Crippen molar-refractivity contribution in [3.05, 3.63) is 80.5 Å². The maximum Gasteiger partial charge on any atom is 0.325 e. The highest BCUT2D eigenvalue weighted by molar-refractivity contribution is 6.37. The first kappa shape index (κ1) is 25.0. The number of halogens is 2. The normalized spacial score (nSPS) is 12.9. The molecule has 0 aliphatic carbocycles. The number of esters is 1. The van der Waals surface area contributed by atoms with Crippen molar-refractivity contribution >= 4 is 34.9 Å². The predicted molar refractivity (Wildman–Crippen MR) is 143 cm³/mol. The molecular formula is C27H24Cl2N4O4. The summed E-state index contributed by atoms with van der Waals surface area (Å²) in [6.07, 6.45) is 4.39. The van der Waals surface area contributed by atoms with Crippen LogP contribution < -0.4 is 10.5 Å². The summed E-state index contributed by atoms with van der Waals surface area (Å²) in [5.74, 6) is 0.212. The molecule has 0 atom stereocenters. The fourth-order valence-electron chi connectivity index (χ4n) is 4.68. The van der Waals surface area contributed by atoms with Gasteiger partial charge in [0.25, 0.3) is 5.56 Å². The van der Waals surface area contributed by atoms with Crippen LogP contribution in [0.1, 0.15) is 24.5 Å². The summed E-state index contributed by atoms with van der Waals surface area (Å²) in [4.78, 5) is 32.2. The molecule has 0 amide bonds. The van der Waals surface area contributed by atoms with Crippen LogP contribution in [0.4, 0.5) is 5.69 Å². The van der Waals surface area contributed by atoms with E-state index >= 15 is 0 Å². The van der Waals surface area contributed by atoms with Gasteiger partial charge in [0.1, 0.15) is 17.9 Å². The number of ether oxygens (including phenoxy) is 1. The average Bonchev–Trinajstić information content (AvgIpc) is 3.40. The lowest BCUT2D eigenvalue weighted by Crippen LogP contribution is -2.41. The van der Waals surface area contributed by atoms with E-state index in [0.29, 0.717) is 30.1 Å². The van der Waals surface area contributed by atoms with Crippen LogP contribution in [0.2, 0.25) is 10.0 Å². The Morgan fingerprint density at radius 1 is 1.14 bits per heavy atom. The second-order valence-corrected chi connectivity index (χ2v) is 9.56. The van der Waals surface area contributed by atoms with E-state index in [1.54, 1.807) is 36.2 Å². The zero-order valence-electron chi connectivity index (χ0n) is 20.3. The molecule has 1 aliphatic heterocycles. The zero-order valence-corrected chi connectivity index (χ0v) is 21.8. The fourth-order valence-corrected chi connectivity index (χ4v) is 5.24. The average molecular weight is 539 g/mol. The molecule has 0 fully saturated rings. The van der Waals surface area contributed by atoms with Gasteiger partial charge in [0.2, 0.25) is 0 Å². The minimum Gasteiger partial charge on any atom is -0.465 e. The van der Waals surface area contributed by atoms with Gasteiger partial charge in [-0.2, -0.15) is 9.78 Å². The van der Waals surface area contributed by atoms with Gasteiger partial charge >= 0.3 is 5.97 Å². The van der Waals surface area contributed by atoms with Gasteiger partial charge in [-0.05, 0) is 62.6 Å². The number of aryl methyl sites for hydroxylation is 1. The summed E-state index contributed by atoms with van der Waals surface area (Å²) in [5, 5.41) is 5.38. The SMILES string of the molecule is CCOC(=O)CN1CCCc2c(-c3cc(C)cc(-c4cnco4)c3)nn(-c3c(Cl)cccc3Cl)c(=O)c21. The Bertz CT molecular complexity index is 1510. The molecule has 0 bridgehead atoms. The number of hydrogen-bond acceptors (Lipinski definition) is 7. The Labute approximate surface area is 223 Å². The van der Waals surface area contributed by atoms with E-state index in [4.69, 9.17) is 37.5 Å². The Hall–Kier alpha value is -3.62. The van der Waals surface area contributed by atoms with E-state index in [9.17, 15) is 9.59 Å². The van der Waals surface area contributed by atoms with Crippen LogP contribution in [0, 0.1) is 6.92 Å². The molecule has 190 valence electrons. The number of para-hydroxylation sites is 1. The Kier molecular flexibility index (Phi) is 7.04. The van der Waals surface area contributed by atoms with Gasteiger partial charge in [0, 0.05) is 23.2 Å². The van der Waals surface area contributed by atoms with Crippen LogP contribution in [0.25, 0.3) is 28.3 Å². The maximum atomic E-state index is 13.9. The van der Waals surface area contributed by atoms with Crippen molar-refractivity contribution in [3.8, 4) is 28.3 Å². The third-order valence-corrected chi connectivity index (χ3v) is 6.79. The van der Waals surface area contributed by atoms with Crippen molar-refractivity contribution < 1.29 is 13.9 Å². The van der Waals surface area contributed by atoms with Crippen LogP contribution in [0.15, 0.2) is 58.2 Å². The minimum absolute atomic E-state index is 0.0487. The number of anilines is 1. The Morgan fingerprint density at radius 2 is 1.89 bits per heavy atom.